The predicted octanol–water partition coefficient (Wildman–Crippen LogP) is 2.39. The van der Waals surface area contributed by atoms with Gasteiger partial charge < -0.3 is 15.1 Å². The van der Waals surface area contributed by atoms with E-state index in [4.69, 9.17) is 19.8 Å². The summed E-state index contributed by atoms with van der Waals surface area (Å²) in [6.07, 6.45) is -8.25. The van der Waals surface area contributed by atoms with E-state index in [0.717, 1.165) is 38.4 Å². The second-order valence-corrected chi connectivity index (χ2v) is 8.31. The molecule has 10 nitrogen and oxygen atoms in total. The molecule has 16 heteroatoms. The molecule has 0 aliphatic carbocycles. The van der Waals surface area contributed by atoms with E-state index in [1.54, 1.807) is 0 Å². The van der Waals surface area contributed by atoms with E-state index in [2.05, 4.69) is 57.8 Å². The van der Waals surface area contributed by atoms with E-state index < -0.39 is 24.3 Å². The first-order chi connectivity index (χ1) is 16.4. The molecule has 204 valence electrons. The minimum atomic E-state index is -5.08. The molecule has 36 heavy (non-hydrogen) atoms. The van der Waals surface area contributed by atoms with Crippen LogP contribution in [0, 0.1) is 12.8 Å². The van der Waals surface area contributed by atoms with Crippen LogP contribution in [0.5, 0.6) is 0 Å². The second-order valence-electron chi connectivity index (χ2n) is 8.31. The largest absolute Gasteiger partial charge is 0.490 e. The average molecular weight is 530 g/mol. The van der Waals surface area contributed by atoms with E-state index in [-0.39, 0.29) is 0 Å². The molecule has 0 radical (unpaired) electrons. The van der Waals surface area contributed by atoms with Crippen molar-refractivity contribution in [2.24, 2.45) is 13.0 Å². The predicted molar refractivity (Wildman–Crippen MR) is 114 cm³/mol. The normalized spacial score (nSPS) is 16.2. The van der Waals surface area contributed by atoms with Crippen molar-refractivity contribution in [1.82, 2.24) is 29.4 Å². The van der Waals surface area contributed by atoms with Crippen molar-refractivity contribution in [3.63, 3.8) is 0 Å². The van der Waals surface area contributed by atoms with Crippen molar-refractivity contribution >= 4 is 11.9 Å². The molecule has 1 unspecified atom stereocenters. The summed E-state index contributed by atoms with van der Waals surface area (Å²) in [5.74, 6) is -4.93. The number of aromatic nitrogens is 4. The third kappa shape index (κ3) is 10.6. The second kappa shape index (κ2) is 12.7. The summed E-state index contributed by atoms with van der Waals surface area (Å²) in [6, 6.07) is 4.32. The van der Waals surface area contributed by atoms with Crippen LogP contribution in [-0.2, 0) is 36.3 Å². The molecule has 0 fully saturated rings. The topological polar surface area (TPSA) is 117 Å². The van der Waals surface area contributed by atoms with Crippen molar-refractivity contribution < 1.29 is 46.1 Å². The van der Waals surface area contributed by atoms with Crippen LogP contribution >= 0.6 is 0 Å². The third-order valence-corrected chi connectivity index (χ3v) is 4.73. The van der Waals surface area contributed by atoms with Gasteiger partial charge in [-0.2, -0.15) is 36.5 Å². The summed E-state index contributed by atoms with van der Waals surface area (Å²) in [7, 11) is 6.31. The third-order valence-electron chi connectivity index (χ3n) is 4.73. The number of aliphatic carboxylic acids is 2. The summed E-state index contributed by atoms with van der Waals surface area (Å²) >= 11 is 0. The maximum Gasteiger partial charge on any atom is 0.490 e. The van der Waals surface area contributed by atoms with Gasteiger partial charge in [-0.3, -0.25) is 14.3 Å². The molecular weight excluding hydrogens is 502 g/mol. The van der Waals surface area contributed by atoms with Crippen molar-refractivity contribution in [2.45, 2.75) is 38.9 Å². The van der Waals surface area contributed by atoms with Crippen LogP contribution in [0.15, 0.2) is 18.3 Å². The molecule has 0 spiro atoms. The van der Waals surface area contributed by atoms with Gasteiger partial charge in [-0.15, -0.1) is 0 Å². The maximum atomic E-state index is 10.6. The number of hydrogen-bond acceptors (Lipinski definition) is 6. The lowest BCUT2D eigenvalue weighted by molar-refractivity contribution is -0.193. The number of halogens is 6. The van der Waals surface area contributed by atoms with Crippen LogP contribution in [0.4, 0.5) is 26.3 Å². The van der Waals surface area contributed by atoms with Crippen molar-refractivity contribution in [1.29, 1.82) is 0 Å². The number of hydrogen-bond donors (Lipinski definition) is 2. The van der Waals surface area contributed by atoms with Gasteiger partial charge >= 0.3 is 24.3 Å². The number of rotatable bonds is 4. The van der Waals surface area contributed by atoms with E-state index in [1.807, 2.05) is 17.9 Å². The van der Waals surface area contributed by atoms with Crippen LogP contribution in [0.1, 0.15) is 17.1 Å². The summed E-state index contributed by atoms with van der Waals surface area (Å²) in [4.78, 5) is 22.6. The SMILES string of the molecule is Cc1cc(CN2Cc3ccnn3CC(CN(C)C)C2)n(C)n1.O=C(O)C(F)(F)F.O=C(O)C(F)(F)F. The van der Waals surface area contributed by atoms with E-state index in [9.17, 15) is 26.3 Å². The molecule has 3 rings (SSSR count). The molecule has 0 aromatic carbocycles. The van der Waals surface area contributed by atoms with E-state index in [1.165, 1.54) is 11.4 Å². The smallest absolute Gasteiger partial charge is 0.475 e. The van der Waals surface area contributed by atoms with Crippen molar-refractivity contribution in [3.05, 3.63) is 35.4 Å². The first-order valence-electron chi connectivity index (χ1n) is 10.4. The Morgan fingerprint density at radius 2 is 1.61 bits per heavy atom. The molecule has 0 saturated carbocycles. The minimum Gasteiger partial charge on any atom is -0.475 e. The van der Waals surface area contributed by atoms with Crippen LogP contribution in [0.3, 0.4) is 0 Å². The number of nitrogens with zero attached hydrogens (tertiary/aromatic N) is 6. The lowest BCUT2D eigenvalue weighted by atomic mass is 10.1. The summed E-state index contributed by atoms with van der Waals surface area (Å²) in [5.41, 5.74) is 3.66. The Morgan fingerprint density at radius 3 is 2.03 bits per heavy atom. The highest BCUT2D eigenvalue weighted by molar-refractivity contribution is 5.73. The zero-order valence-corrected chi connectivity index (χ0v) is 20.0. The highest BCUT2D eigenvalue weighted by atomic mass is 19.4. The van der Waals surface area contributed by atoms with Gasteiger partial charge in [0.05, 0.1) is 17.1 Å². The summed E-state index contributed by atoms with van der Waals surface area (Å²) in [6.45, 7) is 7.11. The molecule has 1 aliphatic rings. The minimum absolute atomic E-state index is 0.588. The summed E-state index contributed by atoms with van der Waals surface area (Å²) < 4.78 is 67.6. The molecule has 1 atom stereocenters. The fourth-order valence-corrected chi connectivity index (χ4v) is 3.41. The monoisotopic (exact) mass is 530 g/mol. The Hall–Kier alpha value is -3.14. The van der Waals surface area contributed by atoms with Crippen LogP contribution < -0.4 is 0 Å². The number of carboxylic acids is 2. The molecule has 2 aromatic heterocycles. The van der Waals surface area contributed by atoms with E-state index in [0.29, 0.717) is 5.92 Å². The van der Waals surface area contributed by atoms with Crippen LogP contribution in [0.25, 0.3) is 0 Å². The lowest BCUT2D eigenvalue weighted by Gasteiger charge is -2.25. The number of carbonyl (C=O) groups is 2. The van der Waals surface area contributed by atoms with Crippen LogP contribution in [0.2, 0.25) is 0 Å². The number of aryl methyl sites for hydroxylation is 2. The van der Waals surface area contributed by atoms with Crippen molar-refractivity contribution in [2.75, 3.05) is 27.2 Å². The van der Waals surface area contributed by atoms with Gasteiger partial charge in [0.25, 0.3) is 0 Å². The number of alkyl halides is 6. The first kappa shape index (κ1) is 30.9. The Balaban J connectivity index is 0.000000383. The Kier molecular flexibility index (Phi) is 10.9. The lowest BCUT2D eigenvalue weighted by Crippen LogP contribution is -2.34. The maximum absolute atomic E-state index is 10.6. The molecule has 2 aromatic rings. The molecule has 1 aliphatic heterocycles. The fraction of sp³-hybridized carbons (Fsp3) is 0.600. The Morgan fingerprint density at radius 1 is 1.08 bits per heavy atom. The summed E-state index contributed by atoms with van der Waals surface area (Å²) in [5, 5.41) is 23.2. The van der Waals surface area contributed by atoms with Crippen molar-refractivity contribution in [3.8, 4) is 0 Å². The Bertz CT molecular complexity index is 978. The molecular formula is C20H28F6N6O4. The molecule has 0 bridgehead atoms. The molecule has 2 N–H and O–H groups in total. The standard InChI is InChI=1S/C16H26N6.2C2HF3O2/c1-13-7-16(20(4)18-13)12-21-9-14(8-19(2)3)10-22-15(11-21)5-6-17-22;2*3-2(4,5)1(6)7/h5-7,14H,8-12H2,1-4H3;2*(H,6,7). The molecule has 0 saturated heterocycles. The van der Waals surface area contributed by atoms with E-state index >= 15 is 0 Å². The van der Waals surface area contributed by atoms with Gasteiger partial charge in [0, 0.05) is 51.9 Å². The Labute approximate surface area is 202 Å². The quantitative estimate of drug-likeness (QED) is 0.579. The zero-order chi connectivity index (χ0) is 27.8. The fourth-order valence-electron chi connectivity index (χ4n) is 3.41. The van der Waals surface area contributed by atoms with Gasteiger partial charge in [0.2, 0.25) is 0 Å². The zero-order valence-electron chi connectivity index (χ0n) is 20.0. The highest BCUT2D eigenvalue weighted by Crippen LogP contribution is 2.19. The highest BCUT2D eigenvalue weighted by Gasteiger charge is 2.38. The van der Waals surface area contributed by atoms with Gasteiger partial charge in [-0.05, 0) is 33.2 Å². The van der Waals surface area contributed by atoms with Crippen LogP contribution in [-0.4, -0.2) is 91.0 Å². The number of carboxylic acid groups (broad SMARTS) is 2. The van der Waals surface area contributed by atoms with Gasteiger partial charge in [-0.25, -0.2) is 9.59 Å². The molecule has 3 heterocycles. The molecule has 0 amide bonds. The average Bonchev–Trinajstić information content (AvgIpc) is 3.21. The number of fused-ring (bicyclic) bond motifs is 1. The van der Waals surface area contributed by atoms with Gasteiger partial charge in [0.1, 0.15) is 0 Å². The van der Waals surface area contributed by atoms with Gasteiger partial charge in [0.15, 0.2) is 0 Å². The van der Waals surface area contributed by atoms with Gasteiger partial charge in [-0.1, -0.05) is 0 Å². The first-order valence-corrected chi connectivity index (χ1v) is 10.4.